The minimum atomic E-state index is -5.01. The average molecular weight is 475 g/mol. The number of dihydropyridines is 1. The number of alkyl halides is 3. The number of allylic oxidation sites excluding steroid dienone is 2. The number of hydrogen-bond acceptors (Lipinski definition) is 7. The molecule has 2 aromatic rings. The summed E-state index contributed by atoms with van der Waals surface area (Å²) in [6.07, 6.45) is 0.175. The first-order chi connectivity index (χ1) is 15.7. The summed E-state index contributed by atoms with van der Waals surface area (Å²) in [4.78, 5) is 32.3. The number of rotatable bonds is 4. The van der Waals surface area contributed by atoms with E-state index in [9.17, 15) is 22.8 Å². The SMILES string of the molecule is N#Cc1cc(Cl)cc(Oc2c(C(F)(F)F)ncn(CC3=C4N=CC=CC4C(=O)N=N3)c2=O)c1. The molecule has 0 saturated heterocycles. The zero-order valence-corrected chi connectivity index (χ0v) is 17.0. The van der Waals surface area contributed by atoms with E-state index < -0.39 is 35.0 Å². The number of aliphatic imine (C=N–C) groups is 1. The number of aromatic nitrogens is 2. The molecule has 1 amide bonds. The molecular weight excluding hydrogens is 465 g/mol. The lowest BCUT2D eigenvalue weighted by Crippen LogP contribution is -2.28. The quantitative estimate of drug-likeness (QED) is 0.661. The van der Waals surface area contributed by atoms with E-state index in [0.29, 0.717) is 6.33 Å². The fraction of sp³-hybridized carbons (Fsp3) is 0.150. The number of nitrogens with zero attached hydrogens (tertiary/aromatic N) is 6. The van der Waals surface area contributed by atoms with E-state index in [1.807, 2.05) is 0 Å². The molecule has 9 nitrogen and oxygen atoms in total. The average Bonchev–Trinajstić information content (AvgIpc) is 2.77. The standard InChI is InChI=1S/C20H10ClF3N6O3/c21-11-4-10(7-25)5-12(6-11)33-16-17(20(22,23)24)27-9-30(19(16)32)8-14-15-13(2-1-3-26-15)18(31)29-28-14/h1-6,9,13H,8H2. The zero-order chi connectivity index (χ0) is 23.8. The van der Waals surface area contributed by atoms with E-state index in [0.717, 1.165) is 16.7 Å². The second-order valence-corrected chi connectivity index (χ2v) is 7.19. The van der Waals surface area contributed by atoms with Gasteiger partial charge in [0.1, 0.15) is 17.4 Å². The molecule has 0 radical (unpaired) electrons. The van der Waals surface area contributed by atoms with Crippen LogP contribution in [0.15, 0.2) is 68.1 Å². The number of benzene rings is 1. The maximum absolute atomic E-state index is 13.5. The van der Waals surface area contributed by atoms with Gasteiger partial charge in [-0.05, 0) is 24.3 Å². The molecule has 2 aliphatic heterocycles. The van der Waals surface area contributed by atoms with Crippen molar-refractivity contribution in [2.24, 2.45) is 21.1 Å². The monoisotopic (exact) mass is 474 g/mol. The number of carbonyl (C=O) groups excluding carboxylic acids is 1. The van der Waals surface area contributed by atoms with Crippen molar-refractivity contribution in [3.05, 3.63) is 74.7 Å². The molecule has 0 saturated carbocycles. The van der Waals surface area contributed by atoms with E-state index in [2.05, 4.69) is 20.2 Å². The van der Waals surface area contributed by atoms with Gasteiger partial charge in [0.05, 0.1) is 30.2 Å². The highest BCUT2D eigenvalue weighted by atomic mass is 35.5. The summed E-state index contributed by atoms with van der Waals surface area (Å²) in [5.41, 5.74) is -2.40. The van der Waals surface area contributed by atoms with E-state index >= 15 is 0 Å². The molecule has 13 heteroatoms. The first kappa shape index (κ1) is 22.1. The lowest BCUT2D eigenvalue weighted by molar-refractivity contribution is -0.142. The number of carbonyl (C=O) groups is 1. The summed E-state index contributed by atoms with van der Waals surface area (Å²) in [7, 11) is 0. The maximum Gasteiger partial charge on any atom is 0.437 e. The van der Waals surface area contributed by atoms with Gasteiger partial charge in [-0.2, -0.15) is 18.4 Å². The molecule has 3 heterocycles. The molecule has 1 atom stereocenters. The number of nitriles is 1. The Hall–Kier alpha value is -4.11. The van der Waals surface area contributed by atoms with Crippen LogP contribution < -0.4 is 10.3 Å². The van der Waals surface area contributed by atoms with Crippen LogP contribution in [0.1, 0.15) is 11.3 Å². The van der Waals surface area contributed by atoms with Gasteiger partial charge in [-0.1, -0.05) is 17.7 Å². The van der Waals surface area contributed by atoms with Crippen LogP contribution in [0.5, 0.6) is 11.5 Å². The van der Waals surface area contributed by atoms with E-state index in [1.54, 1.807) is 12.1 Å². The van der Waals surface area contributed by atoms with Crippen molar-refractivity contribution < 1.29 is 22.7 Å². The van der Waals surface area contributed by atoms with Crippen LogP contribution in [0.4, 0.5) is 13.2 Å². The second kappa shape index (κ2) is 8.44. The van der Waals surface area contributed by atoms with Crippen molar-refractivity contribution in [2.75, 3.05) is 0 Å². The van der Waals surface area contributed by atoms with Crippen LogP contribution in [-0.2, 0) is 17.5 Å². The highest BCUT2D eigenvalue weighted by molar-refractivity contribution is 6.30. The normalized spacial score (nSPS) is 17.2. The van der Waals surface area contributed by atoms with Gasteiger partial charge in [0.25, 0.3) is 11.5 Å². The number of amides is 1. The fourth-order valence-electron chi connectivity index (χ4n) is 3.09. The highest BCUT2D eigenvalue weighted by Gasteiger charge is 2.39. The molecule has 166 valence electrons. The Bertz CT molecular complexity index is 1380. The van der Waals surface area contributed by atoms with Crippen LogP contribution >= 0.6 is 11.6 Å². The smallest absolute Gasteiger partial charge is 0.437 e. The number of fused-ring (bicyclic) bond motifs is 1. The third-order valence-electron chi connectivity index (χ3n) is 4.53. The third-order valence-corrected chi connectivity index (χ3v) is 4.75. The Balaban J connectivity index is 1.79. The van der Waals surface area contributed by atoms with Crippen molar-refractivity contribution in [1.29, 1.82) is 5.26 Å². The Kier molecular flexibility index (Phi) is 5.65. The summed E-state index contributed by atoms with van der Waals surface area (Å²) < 4.78 is 46.7. The van der Waals surface area contributed by atoms with E-state index in [4.69, 9.17) is 21.6 Å². The largest absolute Gasteiger partial charge is 0.449 e. The topological polar surface area (TPSA) is 122 Å². The Morgan fingerprint density at radius 1 is 1.21 bits per heavy atom. The van der Waals surface area contributed by atoms with Crippen molar-refractivity contribution in [2.45, 2.75) is 12.7 Å². The number of ether oxygens (including phenoxy) is 1. The third kappa shape index (κ3) is 4.44. The van der Waals surface area contributed by atoms with Gasteiger partial charge in [0.2, 0.25) is 5.75 Å². The lowest BCUT2D eigenvalue weighted by atomic mass is 10.00. The molecular formula is C20H10ClF3N6O3. The predicted octanol–water partition coefficient (Wildman–Crippen LogP) is 4.04. The van der Waals surface area contributed by atoms with Gasteiger partial charge in [0, 0.05) is 11.2 Å². The number of azo groups is 1. The number of hydrogen-bond donors (Lipinski definition) is 0. The first-order valence-corrected chi connectivity index (χ1v) is 9.50. The Morgan fingerprint density at radius 2 is 2.00 bits per heavy atom. The minimum absolute atomic E-state index is 0.0174. The molecule has 0 N–H and O–H groups in total. The fourth-order valence-corrected chi connectivity index (χ4v) is 3.31. The van der Waals surface area contributed by atoms with Gasteiger partial charge in [-0.3, -0.25) is 19.1 Å². The highest BCUT2D eigenvalue weighted by Crippen LogP contribution is 2.35. The molecule has 0 spiro atoms. The van der Waals surface area contributed by atoms with Gasteiger partial charge in [-0.15, -0.1) is 10.2 Å². The summed E-state index contributed by atoms with van der Waals surface area (Å²) in [5, 5.41) is 16.3. The lowest BCUT2D eigenvalue weighted by Gasteiger charge is -2.19. The van der Waals surface area contributed by atoms with Gasteiger partial charge < -0.3 is 4.74 Å². The molecule has 0 aliphatic carbocycles. The molecule has 1 aromatic heterocycles. The molecule has 4 rings (SSSR count). The van der Waals surface area contributed by atoms with Crippen molar-refractivity contribution in [3.63, 3.8) is 0 Å². The summed E-state index contributed by atoms with van der Waals surface area (Å²) in [5.74, 6) is -2.73. The zero-order valence-electron chi connectivity index (χ0n) is 16.2. The van der Waals surface area contributed by atoms with Crippen molar-refractivity contribution in [3.8, 4) is 17.6 Å². The molecule has 0 bridgehead atoms. The Morgan fingerprint density at radius 3 is 2.73 bits per heavy atom. The maximum atomic E-state index is 13.5. The number of halogens is 4. The second-order valence-electron chi connectivity index (χ2n) is 6.75. The molecule has 33 heavy (non-hydrogen) atoms. The predicted molar refractivity (Wildman–Crippen MR) is 108 cm³/mol. The van der Waals surface area contributed by atoms with Crippen LogP contribution in [0.3, 0.4) is 0 Å². The van der Waals surface area contributed by atoms with Crippen LogP contribution in [0.2, 0.25) is 5.02 Å². The van der Waals surface area contributed by atoms with E-state index in [-0.39, 0.29) is 34.3 Å². The van der Waals surface area contributed by atoms with Crippen molar-refractivity contribution >= 4 is 23.7 Å². The molecule has 0 fully saturated rings. The molecule has 1 aromatic carbocycles. The van der Waals surface area contributed by atoms with Gasteiger partial charge in [-0.25, -0.2) is 4.98 Å². The summed E-state index contributed by atoms with van der Waals surface area (Å²) in [6.45, 7) is -0.368. The summed E-state index contributed by atoms with van der Waals surface area (Å²) >= 11 is 5.87. The molecule has 1 unspecified atom stereocenters. The minimum Gasteiger partial charge on any atom is -0.449 e. The van der Waals surface area contributed by atoms with E-state index in [1.165, 1.54) is 18.4 Å². The van der Waals surface area contributed by atoms with Crippen LogP contribution in [0, 0.1) is 17.2 Å². The first-order valence-electron chi connectivity index (χ1n) is 9.12. The van der Waals surface area contributed by atoms with Gasteiger partial charge >= 0.3 is 6.18 Å². The van der Waals surface area contributed by atoms with Crippen LogP contribution in [0.25, 0.3) is 0 Å². The van der Waals surface area contributed by atoms with Crippen LogP contribution in [-0.4, -0.2) is 21.7 Å². The van der Waals surface area contributed by atoms with Gasteiger partial charge in [0.15, 0.2) is 5.69 Å². The molecule has 2 aliphatic rings. The summed E-state index contributed by atoms with van der Waals surface area (Å²) in [6, 6.07) is 5.34. The van der Waals surface area contributed by atoms with Crippen molar-refractivity contribution in [1.82, 2.24) is 9.55 Å². The Labute approximate surface area is 187 Å².